The van der Waals surface area contributed by atoms with Crippen molar-refractivity contribution in [2.75, 3.05) is 13.1 Å². The molecule has 13 heavy (non-hydrogen) atoms. The number of aryl methyl sites for hydroxylation is 1. The molecule has 1 fully saturated rings. The number of nitrogens with zero attached hydrogens (tertiary/aromatic N) is 2. The van der Waals surface area contributed by atoms with E-state index in [1.807, 2.05) is 19.2 Å². The van der Waals surface area contributed by atoms with Gasteiger partial charge in [-0.3, -0.25) is 0 Å². The van der Waals surface area contributed by atoms with Crippen molar-refractivity contribution in [3.05, 3.63) is 23.8 Å². The number of aromatic nitrogens is 2. The highest BCUT2D eigenvalue weighted by Gasteiger charge is 2.15. The molecule has 2 heterocycles. The molecular formula is C10H15N3. The highest BCUT2D eigenvalue weighted by atomic mass is 14.9. The quantitative estimate of drug-likeness (QED) is 0.701. The van der Waals surface area contributed by atoms with E-state index in [4.69, 9.17) is 0 Å². The van der Waals surface area contributed by atoms with E-state index >= 15 is 0 Å². The van der Waals surface area contributed by atoms with E-state index in [0.717, 1.165) is 18.9 Å². The van der Waals surface area contributed by atoms with Gasteiger partial charge in [0, 0.05) is 24.4 Å². The van der Waals surface area contributed by atoms with E-state index in [2.05, 4.69) is 15.3 Å². The lowest BCUT2D eigenvalue weighted by Gasteiger charge is -2.22. The second-order valence-electron chi connectivity index (χ2n) is 3.57. The molecule has 1 N–H and O–H groups in total. The maximum Gasteiger partial charge on any atom is 0.125 e. The fourth-order valence-electron chi connectivity index (χ4n) is 1.81. The summed E-state index contributed by atoms with van der Waals surface area (Å²) in [5.74, 6) is 1.47. The van der Waals surface area contributed by atoms with E-state index in [1.165, 1.54) is 18.5 Å². The van der Waals surface area contributed by atoms with Gasteiger partial charge in [0.25, 0.3) is 0 Å². The van der Waals surface area contributed by atoms with Crippen LogP contribution in [-0.2, 0) is 0 Å². The molecule has 2 rings (SSSR count). The molecule has 0 aromatic carbocycles. The standard InChI is InChI=1S/C10H15N3/c1-8-12-6-4-10(13-8)9-3-2-5-11-7-9/h4,6,9,11H,2-3,5,7H2,1H3/t9-/m0/s1. The van der Waals surface area contributed by atoms with Crippen LogP contribution in [0.15, 0.2) is 12.3 Å². The first kappa shape index (κ1) is 8.63. The van der Waals surface area contributed by atoms with Gasteiger partial charge in [-0.05, 0) is 32.4 Å². The summed E-state index contributed by atoms with van der Waals surface area (Å²) in [7, 11) is 0. The molecule has 1 aromatic heterocycles. The zero-order chi connectivity index (χ0) is 9.10. The number of hydrogen-bond acceptors (Lipinski definition) is 3. The van der Waals surface area contributed by atoms with Gasteiger partial charge in [-0.2, -0.15) is 0 Å². The Morgan fingerprint density at radius 2 is 2.46 bits per heavy atom. The third kappa shape index (κ3) is 2.04. The van der Waals surface area contributed by atoms with Crippen molar-refractivity contribution in [1.29, 1.82) is 0 Å². The largest absolute Gasteiger partial charge is 0.316 e. The highest BCUT2D eigenvalue weighted by molar-refractivity contribution is 5.09. The summed E-state index contributed by atoms with van der Waals surface area (Å²) < 4.78 is 0. The molecule has 0 unspecified atom stereocenters. The summed E-state index contributed by atoms with van der Waals surface area (Å²) in [6.07, 6.45) is 4.36. The van der Waals surface area contributed by atoms with Gasteiger partial charge in [0.2, 0.25) is 0 Å². The van der Waals surface area contributed by atoms with Crippen molar-refractivity contribution >= 4 is 0 Å². The molecule has 0 radical (unpaired) electrons. The van der Waals surface area contributed by atoms with E-state index in [9.17, 15) is 0 Å². The van der Waals surface area contributed by atoms with Gasteiger partial charge in [0.05, 0.1) is 0 Å². The zero-order valence-electron chi connectivity index (χ0n) is 7.95. The molecule has 1 atom stereocenters. The van der Waals surface area contributed by atoms with Crippen molar-refractivity contribution in [2.45, 2.75) is 25.7 Å². The minimum absolute atomic E-state index is 0.593. The predicted octanol–water partition coefficient (Wildman–Crippen LogP) is 1.25. The smallest absolute Gasteiger partial charge is 0.125 e. The lowest BCUT2D eigenvalue weighted by molar-refractivity contribution is 0.453. The van der Waals surface area contributed by atoms with Gasteiger partial charge in [-0.25, -0.2) is 9.97 Å². The van der Waals surface area contributed by atoms with Crippen molar-refractivity contribution < 1.29 is 0 Å². The minimum Gasteiger partial charge on any atom is -0.316 e. The lowest BCUT2D eigenvalue weighted by Crippen LogP contribution is -2.28. The Labute approximate surface area is 78.6 Å². The molecule has 3 nitrogen and oxygen atoms in total. The summed E-state index contributed by atoms with van der Waals surface area (Å²) in [4.78, 5) is 8.55. The zero-order valence-corrected chi connectivity index (χ0v) is 7.95. The molecule has 0 bridgehead atoms. The Balaban J connectivity index is 2.14. The maximum absolute atomic E-state index is 4.45. The number of nitrogens with one attached hydrogen (secondary N) is 1. The molecular weight excluding hydrogens is 162 g/mol. The molecule has 1 aliphatic rings. The average Bonchev–Trinajstić information content (AvgIpc) is 2.19. The molecule has 1 saturated heterocycles. The fraction of sp³-hybridized carbons (Fsp3) is 0.600. The van der Waals surface area contributed by atoms with Crippen LogP contribution in [0.1, 0.15) is 30.3 Å². The summed E-state index contributed by atoms with van der Waals surface area (Å²) in [6, 6.07) is 2.03. The summed E-state index contributed by atoms with van der Waals surface area (Å²) in [5.41, 5.74) is 1.19. The van der Waals surface area contributed by atoms with Crippen LogP contribution >= 0.6 is 0 Å². The molecule has 1 aromatic rings. The Morgan fingerprint density at radius 1 is 1.54 bits per heavy atom. The maximum atomic E-state index is 4.45. The Morgan fingerprint density at radius 3 is 3.15 bits per heavy atom. The molecule has 0 aliphatic carbocycles. The molecule has 70 valence electrons. The number of piperidine rings is 1. The monoisotopic (exact) mass is 177 g/mol. The Bertz CT molecular complexity index is 279. The minimum atomic E-state index is 0.593. The van der Waals surface area contributed by atoms with Crippen LogP contribution in [0, 0.1) is 6.92 Å². The van der Waals surface area contributed by atoms with Crippen molar-refractivity contribution in [3.8, 4) is 0 Å². The van der Waals surface area contributed by atoms with Crippen molar-refractivity contribution in [1.82, 2.24) is 15.3 Å². The van der Waals surface area contributed by atoms with Gasteiger partial charge in [0.1, 0.15) is 5.82 Å². The lowest BCUT2D eigenvalue weighted by atomic mass is 9.96. The normalized spacial score (nSPS) is 23.0. The Hall–Kier alpha value is -0.960. The molecule has 3 heteroatoms. The molecule has 0 saturated carbocycles. The van der Waals surface area contributed by atoms with Crippen molar-refractivity contribution in [2.24, 2.45) is 0 Å². The summed E-state index contributed by atoms with van der Waals surface area (Å²) in [6.45, 7) is 4.16. The second-order valence-corrected chi connectivity index (χ2v) is 3.57. The van der Waals surface area contributed by atoms with Gasteiger partial charge < -0.3 is 5.32 Å². The molecule has 1 aliphatic heterocycles. The van der Waals surface area contributed by atoms with E-state index in [1.54, 1.807) is 0 Å². The third-order valence-electron chi connectivity index (χ3n) is 2.51. The summed E-state index contributed by atoms with van der Waals surface area (Å²) in [5, 5.41) is 3.39. The number of rotatable bonds is 1. The van der Waals surface area contributed by atoms with Gasteiger partial charge in [0.15, 0.2) is 0 Å². The average molecular weight is 177 g/mol. The topological polar surface area (TPSA) is 37.8 Å². The first-order valence-electron chi connectivity index (χ1n) is 4.86. The van der Waals surface area contributed by atoms with Gasteiger partial charge in [-0.1, -0.05) is 0 Å². The summed E-state index contributed by atoms with van der Waals surface area (Å²) >= 11 is 0. The first-order chi connectivity index (χ1) is 6.36. The first-order valence-corrected chi connectivity index (χ1v) is 4.86. The molecule has 0 spiro atoms. The number of hydrogen-bond donors (Lipinski definition) is 1. The van der Waals surface area contributed by atoms with Crippen LogP contribution in [0.5, 0.6) is 0 Å². The van der Waals surface area contributed by atoms with E-state index in [0.29, 0.717) is 5.92 Å². The van der Waals surface area contributed by atoms with Gasteiger partial charge >= 0.3 is 0 Å². The van der Waals surface area contributed by atoms with Crippen LogP contribution < -0.4 is 5.32 Å². The Kier molecular flexibility index (Phi) is 2.54. The van der Waals surface area contributed by atoms with Crippen LogP contribution in [0.4, 0.5) is 0 Å². The van der Waals surface area contributed by atoms with E-state index < -0.39 is 0 Å². The predicted molar refractivity (Wildman–Crippen MR) is 51.6 cm³/mol. The molecule has 0 amide bonds. The van der Waals surface area contributed by atoms with Crippen LogP contribution in [-0.4, -0.2) is 23.1 Å². The highest BCUT2D eigenvalue weighted by Crippen LogP contribution is 2.20. The van der Waals surface area contributed by atoms with Crippen LogP contribution in [0.25, 0.3) is 0 Å². The van der Waals surface area contributed by atoms with Crippen molar-refractivity contribution in [3.63, 3.8) is 0 Å². The van der Waals surface area contributed by atoms with Crippen LogP contribution in [0.3, 0.4) is 0 Å². The van der Waals surface area contributed by atoms with Crippen LogP contribution in [0.2, 0.25) is 0 Å². The van der Waals surface area contributed by atoms with E-state index in [-0.39, 0.29) is 0 Å². The SMILES string of the molecule is Cc1nccc([C@H]2CCCNC2)n1. The fourth-order valence-corrected chi connectivity index (χ4v) is 1.81. The van der Waals surface area contributed by atoms with Gasteiger partial charge in [-0.15, -0.1) is 0 Å². The third-order valence-corrected chi connectivity index (χ3v) is 2.51. The second kappa shape index (κ2) is 3.83.